The Labute approximate surface area is 92.7 Å². The van der Waals surface area contributed by atoms with Gasteiger partial charge in [-0.2, -0.15) is 0 Å². The van der Waals surface area contributed by atoms with Gasteiger partial charge in [-0.15, -0.1) is 0 Å². The molecule has 88 valence electrons. The third-order valence-electron chi connectivity index (χ3n) is 2.21. The molecule has 2 atom stereocenters. The summed E-state index contributed by atoms with van der Waals surface area (Å²) in [5.74, 6) is -0.908. The molecule has 1 heterocycles. The summed E-state index contributed by atoms with van der Waals surface area (Å²) < 4.78 is 4.32. The van der Waals surface area contributed by atoms with E-state index < -0.39 is 18.2 Å². The molecular formula is C10H14N2O4. The van der Waals surface area contributed by atoms with Crippen molar-refractivity contribution in [3.63, 3.8) is 0 Å². The Kier molecular flexibility index (Phi) is 3.81. The summed E-state index contributed by atoms with van der Waals surface area (Å²) in [5.41, 5.74) is 6.64. The first-order valence-electron chi connectivity index (χ1n) is 4.63. The second kappa shape index (κ2) is 4.91. The molecule has 2 unspecified atom stereocenters. The molecule has 0 aliphatic rings. The van der Waals surface area contributed by atoms with E-state index in [2.05, 4.69) is 9.72 Å². The van der Waals surface area contributed by atoms with Crippen LogP contribution in [0.2, 0.25) is 0 Å². The Morgan fingerprint density at radius 1 is 1.56 bits per heavy atom. The van der Waals surface area contributed by atoms with Gasteiger partial charge in [0.05, 0.1) is 19.0 Å². The zero-order valence-corrected chi connectivity index (χ0v) is 9.04. The second-order valence-electron chi connectivity index (χ2n) is 3.36. The van der Waals surface area contributed by atoms with Gasteiger partial charge in [-0.05, 0) is 13.0 Å². The van der Waals surface area contributed by atoms with Crippen molar-refractivity contribution in [3.05, 3.63) is 23.5 Å². The van der Waals surface area contributed by atoms with Crippen LogP contribution in [-0.2, 0) is 9.53 Å². The summed E-state index contributed by atoms with van der Waals surface area (Å²) in [6, 6.07) is 1.46. The van der Waals surface area contributed by atoms with Gasteiger partial charge < -0.3 is 20.7 Å². The minimum atomic E-state index is -1.65. The molecule has 0 radical (unpaired) electrons. The van der Waals surface area contributed by atoms with Crippen LogP contribution in [-0.4, -0.2) is 34.4 Å². The number of nitrogen functional groups attached to an aromatic ring is 1. The van der Waals surface area contributed by atoms with E-state index in [4.69, 9.17) is 5.73 Å². The first-order valence-corrected chi connectivity index (χ1v) is 4.63. The molecule has 0 saturated carbocycles. The lowest BCUT2D eigenvalue weighted by Crippen LogP contribution is -2.29. The number of anilines is 1. The number of aliphatic hydroxyl groups is 2. The molecule has 0 bridgehead atoms. The lowest BCUT2D eigenvalue weighted by atomic mass is 10.0. The van der Waals surface area contributed by atoms with Gasteiger partial charge in [0, 0.05) is 11.3 Å². The number of pyridine rings is 1. The highest BCUT2D eigenvalue weighted by molar-refractivity contribution is 5.75. The Bertz CT molecular complexity index is 394. The molecule has 6 nitrogen and oxygen atoms in total. The fourth-order valence-electron chi connectivity index (χ4n) is 1.29. The van der Waals surface area contributed by atoms with Crippen molar-refractivity contribution < 1.29 is 19.7 Å². The van der Waals surface area contributed by atoms with E-state index in [-0.39, 0.29) is 0 Å². The molecule has 0 aromatic carbocycles. The van der Waals surface area contributed by atoms with Gasteiger partial charge in [-0.1, -0.05) is 0 Å². The molecule has 0 aliphatic carbocycles. The number of methoxy groups -OCH3 is 1. The summed E-state index contributed by atoms with van der Waals surface area (Å²) >= 11 is 0. The molecule has 0 spiro atoms. The molecule has 1 rings (SSSR count). The van der Waals surface area contributed by atoms with Crippen molar-refractivity contribution >= 4 is 11.7 Å². The van der Waals surface area contributed by atoms with Gasteiger partial charge in [0.1, 0.15) is 6.10 Å². The minimum absolute atomic E-state index is 0.304. The molecule has 6 heteroatoms. The zero-order valence-electron chi connectivity index (χ0n) is 9.04. The Hall–Kier alpha value is -1.66. The smallest absolute Gasteiger partial charge is 0.337 e. The molecule has 1 aromatic heterocycles. The zero-order chi connectivity index (χ0) is 12.3. The number of rotatable bonds is 3. The molecule has 0 saturated heterocycles. The minimum Gasteiger partial charge on any atom is -0.467 e. The average molecular weight is 226 g/mol. The normalized spacial score (nSPS) is 14.2. The standard InChI is InChI=1S/C10H14N2O4/c1-5-7(3-6(11)4-12-5)8(13)9(14)10(15)16-2/h3-4,8-9,13-14H,11H2,1-2H3. The number of hydrogen-bond donors (Lipinski definition) is 3. The van der Waals surface area contributed by atoms with E-state index in [1.807, 2.05) is 0 Å². The summed E-state index contributed by atoms with van der Waals surface area (Å²) in [5, 5.41) is 19.2. The number of carbonyl (C=O) groups is 1. The van der Waals surface area contributed by atoms with Gasteiger partial charge in [0.15, 0.2) is 6.10 Å². The molecule has 0 amide bonds. The van der Waals surface area contributed by atoms with Crippen molar-refractivity contribution in [2.24, 2.45) is 0 Å². The quantitative estimate of drug-likeness (QED) is 0.602. The molecule has 4 N–H and O–H groups in total. The van der Waals surface area contributed by atoms with Crippen LogP contribution < -0.4 is 5.73 Å². The van der Waals surface area contributed by atoms with Gasteiger partial charge in [-0.3, -0.25) is 4.98 Å². The monoisotopic (exact) mass is 226 g/mol. The molecule has 0 aliphatic heterocycles. The number of nitrogens with two attached hydrogens (primary N) is 1. The number of carbonyl (C=O) groups excluding carboxylic acids is 1. The average Bonchev–Trinajstić information content (AvgIpc) is 2.29. The van der Waals surface area contributed by atoms with Crippen molar-refractivity contribution in [2.45, 2.75) is 19.1 Å². The van der Waals surface area contributed by atoms with Crippen LogP contribution in [0.4, 0.5) is 5.69 Å². The highest BCUT2D eigenvalue weighted by atomic mass is 16.5. The highest BCUT2D eigenvalue weighted by Gasteiger charge is 2.28. The number of aryl methyl sites for hydroxylation is 1. The third kappa shape index (κ3) is 2.47. The highest BCUT2D eigenvalue weighted by Crippen LogP contribution is 2.22. The number of nitrogens with zero attached hydrogens (tertiary/aromatic N) is 1. The van der Waals surface area contributed by atoms with Gasteiger partial charge in [0.25, 0.3) is 0 Å². The first-order chi connectivity index (χ1) is 7.47. The fraction of sp³-hybridized carbons (Fsp3) is 0.400. The van der Waals surface area contributed by atoms with E-state index in [1.54, 1.807) is 6.92 Å². The van der Waals surface area contributed by atoms with Crippen LogP contribution in [0.1, 0.15) is 17.4 Å². The predicted molar refractivity (Wildman–Crippen MR) is 56.4 cm³/mol. The van der Waals surface area contributed by atoms with Crippen LogP contribution >= 0.6 is 0 Å². The molecule has 1 aromatic rings. The van der Waals surface area contributed by atoms with Crippen LogP contribution in [0.5, 0.6) is 0 Å². The Balaban J connectivity index is 2.99. The summed E-state index contributed by atoms with van der Waals surface area (Å²) in [4.78, 5) is 15.0. The van der Waals surface area contributed by atoms with Crippen LogP contribution in [0.15, 0.2) is 12.3 Å². The third-order valence-corrected chi connectivity index (χ3v) is 2.21. The number of aromatic nitrogens is 1. The van der Waals surface area contributed by atoms with Crippen LogP contribution in [0, 0.1) is 6.92 Å². The Morgan fingerprint density at radius 3 is 2.75 bits per heavy atom. The predicted octanol–water partition coefficient (Wildman–Crippen LogP) is -0.460. The number of hydrogen-bond acceptors (Lipinski definition) is 6. The van der Waals surface area contributed by atoms with E-state index in [9.17, 15) is 15.0 Å². The van der Waals surface area contributed by atoms with E-state index in [0.717, 1.165) is 7.11 Å². The van der Waals surface area contributed by atoms with Crippen molar-refractivity contribution in [1.82, 2.24) is 4.98 Å². The summed E-state index contributed by atoms with van der Waals surface area (Å²) in [7, 11) is 1.13. The van der Waals surface area contributed by atoms with Gasteiger partial charge >= 0.3 is 5.97 Å². The van der Waals surface area contributed by atoms with E-state index >= 15 is 0 Å². The second-order valence-corrected chi connectivity index (χ2v) is 3.36. The van der Waals surface area contributed by atoms with Gasteiger partial charge in [0.2, 0.25) is 0 Å². The van der Waals surface area contributed by atoms with Crippen LogP contribution in [0.25, 0.3) is 0 Å². The van der Waals surface area contributed by atoms with Crippen molar-refractivity contribution in [3.8, 4) is 0 Å². The Morgan fingerprint density at radius 2 is 2.19 bits per heavy atom. The van der Waals surface area contributed by atoms with Crippen molar-refractivity contribution in [2.75, 3.05) is 12.8 Å². The maximum Gasteiger partial charge on any atom is 0.337 e. The maximum absolute atomic E-state index is 11.0. The summed E-state index contributed by atoms with van der Waals surface area (Å²) in [6.07, 6.45) is -1.62. The number of esters is 1. The fourth-order valence-corrected chi connectivity index (χ4v) is 1.29. The van der Waals surface area contributed by atoms with E-state index in [1.165, 1.54) is 12.3 Å². The molecule has 0 fully saturated rings. The lowest BCUT2D eigenvalue weighted by Gasteiger charge is -2.17. The SMILES string of the molecule is COC(=O)C(O)C(O)c1cc(N)cnc1C. The maximum atomic E-state index is 11.0. The van der Waals surface area contributed by atoms with Crippen LogP contribution in [0.3, 0.4) is 0 Å². The largest absolute Gasteiger partial charge is 0.467 e. The number of aliphatic hydroxyl groups excluding tert-OH is 2. The number of ether oxygens (including phenoxy) is 1. The molecule has 16 heavy (non-hydrogen) atoms. The van der Waals surface area contributed by atoms with Crippen molar-refractivity contribution in [1.29, 1.82) is 0 Å². The van der Waals surface area contributed by atoms with Gasteiger partial charge in [-0.25, -0.2) is 4.79 Å². The topological polar surface area (TPSA) is 106 Å². The van der Waals surface area contributed by atoms with E-state index in [0.29, 0.717) is 16.9 Å². The summed E-state index contributed by atoms with van der Waals surface area (Å²) in [6.45, 7) is 1.64. The molecular weight excluding hydrogens is 212 g/mol. The lowest BCUT2D eigenvalue weighted by molar-refractivity contribution is -0.156. The first kappa shape index (κ1) is 12.4.